The normalized spacial score (nSPS) is 11.7. The third-order valence-electron chi connectivity index (χ3n) is 2.36. The van der Waals surface area contributed by atoms with Crippen molar-refractivity contribution in [2.45, 2.75) is 24.3 Å². The van der Waals surface area contributed by atoms with Crippen molar-refractivity contribution < 1.29 is 14.7 Å². The van der Waals surface area contributed by atoms with Crippen molar-refractivity contribution in [1.29, 1.82) is 0 Å². The molecule has 0 heterocycles. The summed E-state index contributed by atoms with van der Waals surface area (Å²) in [5.41, 5.74) is 0.630. The number of carbonyl (C=O) groups is 2. The topological polar surface area (TPSA) is 78.4 Å². The smallest absolute Gasteiger partial charge is 0.326 e. The van der Waals surface area contributed by atoms with Crippen molar-refractivity contribution in [1.82, 2.24) is 5.32 Å². The van der Waals surface area contributed by atoms with Crippen molar-refractivity contribution in [3.05, 3.63) is 24.3 Å². The van der Waals surface area contributed by atoms with Gasteiger partial charge >= 0.3 is 12.0 Å². The summed E-state index contributed by atoms with van der Waals surface area (Å²) in [5, 5.41) is 13.8. The zero-order valence-electron chi connectivity index (χ0n) is 10.3. The van der Waals surface area contributed by atoms with E-state index in [0.717, 1.165) is 4.90 Å². The van der Waals surface area contributed by atoms with Crippen LogP contribution in [0.25, 0.3) is 0 Å². The van der Waals surface area contributed by atoms with Crippen LogP contribution in [0, 0.1) is 0 Å². The van der Waals surface area contributed by atoms with Crippen LogP contribution in [-0.4, -0.2) is 29.4 Å². The summed E-state index contributed by atoms with van der Waals surface area (Å²) in [5.74, 6) is -1.04. The Kier molecular flexibility index (Phi) is 5.51. The SMILES string of the molecule is CC[C@@H](NC(=O)Nc1ccc(SC)cc1)C(=O)O. The average molecular weight is 268 g/mol. The molecule has 0 unspecified atom stereocenters. The average Bonchev–Trinajstić information content (AvgIpc) is 2.36. The van der Waals surface area contributed by atoms with Gasteiger partial charge in [-0.25, -0.2) is 9.59 Å². The lowest BCUT2D eigenvalue weighted by Crippen LogP contribution is -2.42. The number of amides is 2. The lowest BCUT2D eigenvalue weighted by molar-refractivity contribution is -0.139. The Hall–Kier alpha value is -1.69. The first-order valence-corrected chi connectivity index (χ1v) is 6.73. The molecule has 0 aliphatic carbocycles. The van der Waals surface area contributed by atoms with Gasteiger partial charge in [0.25, 0.3) is 0 Å². The van der Waals surface area contributed by atoms with E-state index in [9.17, 15) is 9.59 Å². The van der Waals surface area contributed by atoms with Gasteiger partial charge in [-0.15, -0.1) is 11.8 Å². The number of rotatable bonds is 5. The maximum Gasteiger partial charge on any atom is 0.326 e. The molecule has 0 aliphatic rings. The van der Waals surface area contributed by atoms with Gasteiger partial charge in [-0.3, -0.25) is 0 Å². The Morgan fingerprint density at radius 2 is 1.94 bits per heavy atom. The second-order valence-corrected chi connectivity index (χ2v) is 4.51. The van der Waals surface area contributed by atoms with Gasteiger partial charge in [0.2, 0.25) is 0 Å². The minimum atomic E-state index is -1.04. The minimum Gasteiger partial charge on any atom is -0.480 e. The predicted octanol–water partition coefficient (Wildman–Crippen LogP) is 2.39. The number of nitrogens with one attached hydrogen (secondary N) is 2. The fraction of sp³-hybridized carbons (Fsp3) is 0.333. The standard InChI is InChI=1S/C12H16N2O3S/c1-3-10(11(15)16)14-12(17)13-8-4-6-9(18-2)7-5-8/h4-7,10H,3H2,1-2H3,(H,15,16)(H2,13,14,17)/t10-/m1/s1. The molecular weight excluding hydrogens is 252 g/mol. The van der Waals surface area contributed by atoms with Crippen LogP contribution in [0.4, 0.5) is 10.5 Å². The Labute approximate surface area is 110 Å². The van der Waals surface area contributed by atoms with Crippen LogP contribution < -0.4 is 10.6 Å². The zero-order chi connectivity index (χ0) is 13.5. The number of thioether (sulfide) groups is 1. The maximum absolute atomic E-state index is 11.5. The monoisotopic (exact) mass is 268 g/mol. The van der Waals surface area contributed by atoms with Gasteiger partial charge in [0.15, 0.2) is 0 Å². The highest BCUT2D eigenvalue weighted by molar-refractivity contribution is 7.98. The van der Waals surface area contributed by atoms with E-state index in [1.54, 1.807) is 30.8 Å². The highest BCUT2D eigenvalue weighted by Gasteiger charge is 2.17. The van der Waals surface area contributed by atoms with E-state index in [2.05, 4.69) is 10.6 Å². The molecule has 0 fully saturated rings. The second kappa shape index (κ2) is 6.90. The quantitative estimate of drug-likeness (QED) is 0.716. The fourth-order valence-corrected chi connectivity index (χ4v) is 1.75. The molecule has 0 spiro atoms. The van der Waals surface area contributed by atoms with Gasteiger partial charge in [-0.05, 0) is 36.9 Å². The lowest BCUT2D eigenvalue weighted by Gasteiger charge is -2.13. The molecule has 0 saturated carbocycles. The Morgan fingerprint density at radius 1 is 1.33 bits per heavy atom. The van der Waals surface area contributed by atoms with Crippen LogP contribution in [0.5, 0.6) is 0 Å². The van der Waals surface area contributed by atoms with E-state index in [1.165, 1.54) is 0 Å². The molecule has 0 aliphatic heterocycles. The first-order chi connectivity index (χ1) is 8.56. The molecular formula is C12H16N2O3S. The molecule has 1 aromatic carbocycles. The van der Waals surface area contributed by atoms with E-state index in [1.807, 2.05) is 18.4 Å². The summed E-state index contributed by atoms with van der Waals surface area (Å²) in [4.78, 5) is 23.4. The summed E-state index contributed by atoms with van der Waals surface area (Å²) >= 11 is 1.61. The highest BCUT2D eigenvalue weighted by Crippen LogP contribution is 2.17. The van der Waals surface area contributed by atoms with Gasteiger partial charge < -0.3 is 15.7 Å². The van der Waals surface area contributed by atoms with Crippen LogP contribution >= 0.6 is 11.8 Å². The molecule has 5 nitrogen and oxygen atoms in total. The Balaban J connectivity index is 2.55. The van der Waals surface area contributed by atoms with E-state index in [4.69, 9.17) is 5.11 Å². The first-order valence-electron chi connectivity index (χ1n) is 5.51. The largest absolute Gasteiger partial charge is 0.480 e. The number of urea groups is 1. The maximum atomic E-state index is 11.5. The molecule has 1 rings (SSSR count). The molecule has 1 atom stereocenters. The van der Waals surface area contributed by atoms with Gasteiger partial charge in [-0.2, -0.15) is 0 Å². The van der Waals surface area contributed by atoms with E-state index >= 15 is 0 Å². The van der Waals surface area contributed by atoms with Crippen molar-refractivity contribution in [3.8, 4) is 0 Å². The summed E-state index contributed by atoms with van der Waals surface area (Å²) < 4.78 is 0. The molecule has 0 saturated heterocycles. The third kappa shape index (κ3) is 4.29. The van der Waals surface area contributed by atoms with Crippen molar-refractivity contribution in [2.24, 2.45) is 0 Å². The summed E-state index contributed by atoms with van der Waals surface area (Å²) in [6, 6.07) is 5.93. The summed E-state index contributed by atoms with van der Waals surface area (Å²) in [7, 11) is 0. The van der Waals surface area contributed by atoms with Crippen LogP contribution in [0.3, 0.4) is 0 Å². The second-order valence-electron chi connectivity index (χ2n) is 3.63. The third-order valence-corrected chi connectivity index (χ3v) is 3.10. The number of carboxylic acid groups (broad SMARTS) is 1. The Bertz CT molecular complexity index is 420. The zero-order valence-corrected chi connectivity index (χ0v) is 11.1. The molecule has 0 bridgehead atoms. The van der Waals surface area contributed by atoms with Gasteiger partial charge in [0.1, 0.15) is 6.04 Å². The molecule has 98 valence electrons. The minimum absolute atomic E-state index is 0.341. The highest BCUT2D eigenvalue weighted by atomic mass is 32.2. The van der Waals surface area contributed by atoms with Crippen molar-refractivity contribution in [2.75, 3.05) is 11.6 Å². The van der Waals surface area contributed by atoms with Crippen LogP contribution in [0.15, 0.2) is 29.2 Å². The molecule has 18 heavy (non-hydrogen) atoms. The number of anilines is 1. The van der Waals surface area contributed by atoms with Gasteiger partial charge in [0, 0.05) is 10.6 Å². The first kappa shape index (κ1) is 14.4. The van der Waals surface area contributed by atoms with E-state index in [0.29, 0.717) is 12.1 Å². The number of aliphatic carboxylic acids is 1. The fourth-order valence-electron chi connectivity index (χ4n) is 1.34. The van der Waals surface area contributed by atoms with Crippen LogP contribution in [0.2, 0.25) is 0 Å². The van der Waals surface area contributed by atoms with Crippen LogP contribution in [-0.2, 0) is 4.79 Å². The summed E-state index contributed by atoms with van der Waals surface area (Å²) in [6.07, 6.45) is 2.31. The molecule has 2 amide bonds. The number of hydrogen-bond acceptors (Lipinski definition) is 3. The summed E-state index contributed by atoms with van der Waals surface area (Å²) in [6.45, 7) is 1.70. The van der Waals surface area contributed by atoms with E-state index in [-0.39, 0.29) is 0 Å². The van der Waals surface area contributed by atoms with Crippen LogP contribution in [0.1, 0.15) is 13.3 Å². The van der Waals surface area contributed by atoms with Crippen molar-refractivity contribution >= 4 is 29.4 Å². The van der Waals surface area contributed by atoms with Gasteiger partial charge in [0.05, 0.1) is 0 Å². The van der Waals surface area contributed by atoms with Gasteiger partial charge in [-0.1, -0.05) is 6.92 Å². The lowest BCUT2D eigenvalue weighted by atomic mass is 10.2. The predicted molar refractivity (Wildman–Crippen MR) is 72.1 cm³/mol. The molecule has 6 heteroatoms. The number of carbonyl (C=O) groups excluding carboxylic acids is 1. The molecule has 3 N–H and O–H groups in total. The van der Waals surface area contributed by atoms with E-state index < -0.39 is 18.0 Å². The molecule has 0 aromatic heterocycles. The number of benzene rings is 1. The van der Waals surface area contributed by atoms with Crippen molar-refractivity contribution in [3.63, 3.8) is 0 Å². The molecule has 0 radical (unpaired) electrons. The number of carboxylic acids is 1. The number of hydrogen-bond donors (Lipinski definition) is 3. The Morgan fingerprint density at radius 3 is 2.39 bits per heavy atom. The molecule has 1 aromatic rings.